The Bertz CT molecular complexity index is 696. The van der Waals surface area contributed by atoms with Gasteiger partial charge in [-0.25, -0.2) is 4.68 Å². The minimum Gasteiger partial charge on any atom is -0.296 e. The van der Waals surface area contributed by atoms with Crippen molar-refractivity contribution >= 4 is 35.0 Å². The highest BCUT2D eigenvalue weighted by atomic mass is 35.5. The number of terminal acetylenes is 1. The molecule has 0 saturated carbocycles. The van der Waals surface area contributed by atoms with Crippen LogP contribution in [0.25, 0.3) is 5.69 Å². The highest BCUT2D eigenvalue weighted by Gasteiger charge is 2.20. The lowest BCUT2D eigenvalue weighted by atomic mass is 10.3. The van der Waals surface area contributed by atoms with E-state index in [1.807, 2.05) is 6.07 Å². The van der Waals surface area contributed by atoms with E-state index < -0.39 is 0 Å². The molecule has 2 rings (SSSR count). The Hall–Kier alpha value is -1.97. The third-order valence-electron chi connectivity index (χ3n) is 3.07. The highest BCUT2D eigenvalue weighted by molar-refractivity contribution is 7.99. The molecule has 0 spiro atoms. The summed E-state index contributed by atoms with van der Waals surface area (Å²) in [6.45, 7) is 2.22. The topological polar surface area (TPSA) is 51.0 Å². The van der Waals surface area contributed by atoms with Gasteiger partial charge in [0.15, 0.2) is 5.15 Å². The minimum absolute atomic E-state index is 0.0588. The first-order valence-electron chi connectivity index (χ1n) is 7.14. The van der Waals surface area contributed by atoms with Gasteiger partial charge in [0, 0.05) is 18.4 Å². The van der Waals surface area contributed by atoms with Gasteiger partial charge in [-0.1, -0.05) is 24.4 Å². The summed E-state index contributed by atoms with van der Waals surface area (Å²) in [6.07, 6.45) is 10.8. The predicted molar refractivity (Wildman–Crippen MR) is 95.2 cm³/mol. The van der Waals surface area contributed by atoms with Crippen LogP contribution >= 0.6 is 23.4 Å². The lowest BCUT2D eigenvalue weighted by molar-refractivity contribution is -0.118. The Labute approximate surface area is 145 Å². The second kappa shape index (κ2) is 8.61. The SMILES string of the molecule is C#CCN(C(=O)CCSCC)c1cn(-c2cccnc2)nc1Cl. The number of carbonyl (C=O) groups excluding carboxylic acids is 1. The van der Waals surface area contributed by atoms with E-state index in [1.165, 1.54) is 4.90 Å². The van der Waals surface area contributed by atoms with E-state index in [-0.39, 0.29) is 17.6 Å². The standard InChI is InChI=1S/C16H17ClN4OS/c1-3-9-20(15(22)7-10-23-4-2)14-12-21(19-16(14)17)13-6-5-8-18-11-13/h1,5-6,8,11-12H,4,7,9-10H2,2H3. The number of thioether (sulfide) groups is 1. The van der Waals surface area contributed by atoms with Gasteiger partial charge >= 0.3 is 0 Å². The summed E-state index contributed by atoms with van der Waals surface area (Å²) in [4.78, 5) is 18.0. The molecule has 2 heterocycles. The molecule has 0 unspecified atom stereocenters. The Balaban J connectivity index is 2.24. The van der Waals surface area contributed by atoms with Crippen molar-refractivity contribution in [1.82, 2.24) is 14.8 Å². The predicted octanol–water partition coefficient (Wildman–Crippen LogP) is 3.03. The van der Waals surface area contributed by atoms with Crippen molar-refractivity contribution in [2.75, 3.05) is 23.0 Å². The van der Waals surface area contributed by atoms with Crippen LogP contribution in [0.4, 0.5) is 5.69 Å². The number of carbonyl (C=O) groups is 1. The molecule has 0 radical (unpaired) electrons. The van der Waals surface area contributed by atoms with Crippen LogP contribution in [-0.2, 0) is 4.79 Å². The molecule has 2 aromatic rings. The van der Waals surface area contributed by atoms with Crippen LogP contribution in [-0.4, -0.2) is 38.7 Å². The molecule has 0 atom stereocenters. The van der Waals surface area contributed by atoms with Gasteiger partial charge in [0.1, 0.15) is 5.69 Å². The molecule has 7 heteroatoms. The van der Waals surface area contributed by atoms with E-state index in [1.54, 1.807) is 41.1 Å². The number of hydrogen-bond acceptors (Lipinski definition) is 4. The van der Waals surface area contributed by atoms with Crippen LogP contribution < -0.4 is 4.90 Å². The third-order valence-corrected chi connectivity index (χ3v) is 4.24. The van der Waals surface area contributed by atoms with Gasteiger partial charge < -0.3 is 0 Å². The number of aromatic nitrogens is 3. The Morgan fingerprint density at radius 2 is 2.39 bits per heavy atom. The van der Waals surface area contributed by atoms with Gasteiger partial charge in [0.05, 0.1) is 24.6 Å². The van der Waals surface area contributed by atoms with Crippen molar-refractivity contribution in [3.05, 3.63) is 35.9 Å². The smallest absolute Gasteiger partial charge is 0.228 e. The molecule has 2 aromatic heterocycles. The average molecular weight is 349 g/mol. The maximum atomic E-state index is 12.4. The first kappa shape index (κ1) is 17.4. The molecular weight excluding hydrogens is 332 g/mol. The lowest BCUT2D eigenvalue weighted by Gasteiger charge is -2.18. The van der Waals surface area contributed by atoms with Gasteiger partial charge in [-0.15, -0.1) is 6.42 Å². The Morgan fingerprint density at radius 1 is 1.57 bits per heavy atom. The van der Waals surface area contributed by atoms with E-state index in [0.717, 1.165) is 17.2 Å². The second-order valence-corrected chi connectivity index (χ2v) is 6.34. The fourth-order valence-electron chi connectivity index (χ4n) is 1.98. The summed E-state index contributed by atoms with van der Waals surface area (Å²) in [6, 6.07) is 3.66. The molecule has 120 valence electrons. The van der Waals surface area contributed by atoms with E-state index >= 15 is 0 Å². The molecule has 0 aliphatic rings. The molecular formula is C16H17ClN4OS. The van der Waals surface area contributed by atoms with Crippen LogP contribution in [0.3, 0.4) is 0 Å². The van der Waals surface area contributed by atoms with Crippen molar-refractivity contribution in [3.63, 3.8) is 0 Å². The summed E-state index contributed by atoms with van der Waals surface area (Å²) < 4.78 is 1.59. The van der Waals surface area contributed by atoms with E-state index in [0.29, 0.717) is 12.1 Å². The normalized spacial score (nSPS) is 10.3. The number of anilines is 1. The number of nitrogens with zero attached hydrogens (tertiary/aromatic N) is 4. The van der Waals surface area contributed by atoms with Crippen molar-refractivity contribution in [2.45, 2.75) is 13.3 Å². The molecule has 0 fully saturated rings. The fourth-order valence-corrected chi connectivity index (χ4v) is 2.82. The number of pyridine rings is 1. The Morgan fingerprint density at radius 3 is 3.04 bits per heavy atom. The second-order valence-electron chi connectivity index (χ2n) is 4.59. The summed E-state index contributed by atoms with van der Waals surface area (Å²) >= 11 is 7.92. The quantitative estimate of drug-likeness (QED) is 0.570. The number of amides is 1. The van der Waals surface area contributed by atoms with Crippen molar-refractivity contribution in [3.8, 4) is 18.0 Å². The van der Waals surface area contributed by atoms with E-state index in [2.05, 4.69) is 22.9 Å². The van der Waals surface area contributed by atoms with Crippen LogP contribution in [0.5, 0.6) is 0 Å². The molecule has 0 saturated heterocycles. The highest BCUT2D eigenvalue weighted by Crippen LogP contribution is 2.26. The molecule has 0 bridgehead atoms. The van der Waals surface area contributed by atoms with Crippen molar-refractivity contribution in [1.29, 1.82) is 0 Å². The summed E-state index contributed by atoms with van der Waals surface area (Å²) in [5, 5.41) is 4.47. The number of rotatable bonds is 7. The van der Waals surface area contributed by atoms with Crippen LogP contribution in [0.2, 0.25) is 5.15 Å². The van der Waals surface area contributed by atoms with Gasteiger partial charge in [0.25, 0.3) is 0 Å². The zero-order valence-electron chi connectivity index (χ0n) is 12.8. The van der Waals surface area contributed by atoms with E-state index in [9.17, 15) is 4.79 Å². The first-order chi connectivity index (χ1) is 11.2. The molecule has 0 aliphatic heterocycles. The number of halogens is 1. The zero-order valence-corrected chi connectivity index (χ0v) is 14.3. The summed E-state index contributed by atoms with van der Waals surface area (Å²) in [5.74, 6) is 4.17. The van der Waals surface area contributed by atoms with Crippen molar-refractivity contribution in [2.24, 2.45) is 0 Å². The maximum Gasteiger partial charge on any atom is 0.228 e. The molecule has 5 nitrogen and oxygen atoms in total. The maximum absolute atomic E-state index is 12.4. The number of hydrogen-bond donors (Lipinski definition) is 0. The van der Waals surface area contributed by atoms with Gasteiger partial charge in [-0.2, -0.15) is 16.9 Å². The van der Waals surface area contributed by atoms with Gasteiger partial charge in [-0.05, 0) is 17.9 Å². The molecule has 1 amide bonds. The van der Waals surface area contributed by atoms with Crippen LogP contribution in [0, 0.1) is 12.3 Å². The van der Waals surface area contributed by atoms with Gasteiger partial charge in [-0.3, -0.25) is 14.7 Å². The minimum atomic E-state index is -0.0588. The molecule has 23 heavy (non-hydrogen) atoms. The molecule has 0 aromatic carbocycles. The summed E-state index contributed by atoms with van der Waals surface area (Å²) in [7, 11) is 0. The third kappa shape index (κ3) is 4.50. The monoisotopic (exact) mass is 348 g/mol. The molecule has 0 aliphatic carbocycles. The molecule has 0 N–H and O–H groups in total. The first-order valence-corrected chi connectivity index (χ1v) is 8.67. The summed E-state index contributed by atoms with van der Waals surface area (Å²) in [5.41, 5.74) is 1.27. The van der Waals surface area contributed by atoms with Crippen molar-refractivity contribution < 1.29 is 4.79 Å². The lowest BCUT2D eigenvalue weighted by Crippen LogP contribution is -2.31. The van der Waals surface area contributed by atoms with Crippen LogP contribution in [0.15, 0.2) is 30.7 Å². The fraction of sp³-hybridized carbons (Fsp3) is 0.312. The Kier molecular flexibility index (Phi) is 6.51. The van der Waals surface area contributed by atoms with Gasteiger partial charge in [0.2, 0.25) is 5.91 Å². The van der Waals surface area contributed by atoms with Crippen LogP contribution in [0.1, 0.15) is 13.3 Å². The largest absolute Gasteiger partial charge is 0.296 e. The zero-order chi connectivity index (χ0) is 16.7. The van der Waals surface area contributed by atoms with E-state index in [4.69, 9.17) is 18.0 Å². The average Bonchev–Trinajstić information content (AvgIpc) is 2.95.